The second-order valence-corrected chi connectivity index (χ2v) is 9.01. The van der Waals surface area contributed by atoms with Gasteiger partial charge in [0, 0.05) is 22.0 Å². The fourth-order valence-electron chi connectivity index (χ4n) is 5.35. The van der Waals surface area contributed by atoms with E-state index in [1.807, 2.05) is 12.1 Å². The Morgan fingerprint density at radius 3 is 2.00 bits per heavy atom. The first-order valence-corrected chi connectivity index (χ1v) is 11.7. The minimum Gasteiger partial charge on any atom is -0.309 e. The third kappa shape index (κ3) is 2.92. The van der Waals surface area contributed by atoms with Crippen LogP contribution in [0.4, 0.5) is 0 Å². The average Bonchev–Trinajstić information content (AvgIpc) is 3.25. The number of hydrogen-bond donors (Lipinski definition) is 2. The van der Waals surface area contributed by atoms with Crippen molar-refractivity contribution >= 4 is 50.1 Å². The van der Waals surface area contributed by atoms with Crippen LogP contribution in [0.2, 0.25) is 0 Å². The molecule has 6 aromatic rings. The number of nitrogens with one attached hydrogen (secondary N) is 2. The van der Waals surface area contributed by atoms with Gasteiger partial charge in [0.05, 0.1) is 22.5 Å². The van der Waals surface area contributed by atoms with Gasteiger partial charge in [0.25, 0.3) is 0 Å². The van der Waals surface area contributed by atoms with Gasteiger partial charge in [-0.25, -0.2) is 0 Å². The summed E-state index contributed by atoms with van der Waals surface area (Å²) in [5.41, 5.74) is 8.10. The predicted molar refractivity (Wildman–Crippen MR) is 147 cm³/mol. The Morgan fingerprint density at radius 1 is 0.543 bits per heavy atom. The van der Waals surface area contributed by atoms with Gasteiger partial charge in [-0.1, -0.05) is 78.9 Å². The molecular weight excluding hydrogens is 426 g/mol. The van der Waals surface area contributed by atoms with Gasteiger partial charge in [0.1, 0.15) is 0 Å². The number of aromatic nitrogens is 1. The minimum absolute atomic E-state index is 0.253. The molecule has 0 radical (unpaired) electrons. The van der Waals surface area contributed by atoms with E-state index in [2.05, 4.69) is 102 Å². The average molecular weight is 448 g/mol. The molecule has 2 N–H and O–H groups in total. The number of para-hydroxylation sites is 2. The lowest BCUT2D eigenvalue weighted by Gasteiger charge is -2.16. The van der Waals surface area contributed by atoms with Gasteiger partial charge in [-0.05, 0) is 63.9 Å². The topological polar surface area (TPSA) is 52.6 Å². The summed E-state index contributed by atoms with van der Waals surface area (Å²) in [6.07, 6.45) is 3.64. The van der Waals surface area contributed by atoms with Crippen molar-refractivity contribution in [2.75, 3.05) is 0 Å². The van der Waals surface area contributed by atoms with Crippen LogP contribution in [-0.2, 0) is 0 Å². The lowest BCUT2D eigenvalue weighted by atomic mass is 9.88. The molecule has 1 aliphatic rings. The molecule has 35 heavy (non-hydrogen) atoms. The van der Waals surface area contributed by atoms with E-state index in [0.29, 0.717) is 0 Å². The predicted octanol–water partition coefficient (Wildman–Crippen LogP) is 8.02. The van der Waals surface area contributed by atoms with E-state index in [1.54, 1.807) is 6.08 Å². The zero-order valence-corrected chi connectivity index (χ0v) is 18.9. The van der Waals surface area contributed by atoms with Crippen molar-refractivity contribution in [3.63, 3.8) is 0 Å². The standard InChI is InChI=1S/C32H21N3/c33-28-17-16-21-14-12-20-13-15-23(19-27(20)31(21)32(28)34)22-6-5-7-24(18-22)35-29-10-3-1-8-25(29)26-9-2-4-11-30(26)35/h1-19,33-34H. The van der Waals surface area contributed by atoms with E-state index >= 15 is 0 Å². The highest BCUT2D eigenvalue weighted by molar-refractivity contribution is 6.53. The van der Waals surface area contributed by atoms with Gasteiger partial charge in [0.15, 0.2) is 0 Å². The minimum atomic E-state index is 0.253. The Morgan fingerprint density at radius 2 is 1.23 bits per heavy atom. The van der Waals surface area contributed by atoms with Crippen LogP contribution in [0.3, 0.4) is 0 Å². The first-order valence-electron chi connectivity index (χ1n) is 11.7. The molecule has 0 atom stereocenters. The van der Waals surface area contributed by atoms with E-state index in [-0.39, 0.29) is 11.4 Å². The summed E-state index contributed by atoms with van der Waals surface area (Å²) in [5, 5.41) is 21.3. The number of nitrogens with zero attached hydrogens (tertiary/aromatic N) is 1. The number of allylic oxidation sites excluding steroid dienone is 1. The number of rotatable bonds is 2. The first kappa shape index (κ1) is 19.7. The van der Waals surface area contributed by atoms with Gasteiger partial charge in [-0.15, -0.1) is 0 Å². The molecule has 5 aromatic carbocycles. The summed E-state index contributed by atoms with van der Waals surface area (Å²) in [4.78, 5) is 0. The van der Waals surface area contributed by atoms with Crippen LogP contribution < -0.4 is 0 Å². The maximum atomic E-state index is 8.54. The van der Waals surface area contributed by atoms with Crippen LogP contribution in [0, 0.1) is 10.8 Å². The molecule has 0 amide bonds. The molecular formula is C32H21N3. The Kier molecular flexibility index (Phi) is 4.15. The van der Waals surface area contributed by atoms with Gasteiger partial charge in [0.2, 0.25) is 0 Å². The Labute approximate surface area is 202 Å². The van der Waals surface area contributed by atoms with Crippen molar-refractivity contribution in [3.8, 4) is 16.8 Å². The molecule has 1 aliphatic carbocycles. The van der Waals surface area contributed by atoms with Crippen LogP contribution in [0.1, 0.15) is 11.1 Å². The second kappa shape index (κ2) is 7.37. The van der Waals surface area contributed by atoms with Crippen molar-refractivity contribution in [1.82, 2.24) is 4.57 Å². The summed E-state index contributed by atoms with van der Waals surface area (Å²) in [7, 11) is 0. The maximum absolute atomic E-state index is 8.54. The van der Waals surface area contributed by atoms with Gasteiger partial charge < -0.3 is 4.57 Å². The molecule has 0 aliphatic heterocycles. The van der Waals surface area contributed by atoms with Crippen LogP contribution in [0.5, 0.6) is 0 Å². The van der Waals surface area contributed by atoms with Crippen LogP contribution in [-0.4, -0.2) is 16.0 Å². The molecule has 0 bridgehead atoms. The normalized spacial score (nSPS) is 13.1. The molecule has 0 saturated carbocycles. The largest absolute Gasteiger partial charge is 0.309 e. The van der Waals surface area contributed by atoms with Crippen molar-refractivity contribution < 1.29 is 0 Å². The van der Waals surface area contributed by atoms with Gasteiger partial charge in [-0.3, -0.25) is 10.8 Å². The fraction of sp³-hybridized carbons (Fsp3) is 0. The zero-order chi connectivity index (χ0) is 23.5. The summed E-state index contributed by atoms with van der Waals surface area (Å²) in [5.74, 6) is 0. The van der Waals surface area contributed by atoms with Crippen molar-refractivity contribution in [2.45, 2.75) is 0 Å². The molecule has 0 unspecified atom stereocenters. The third-order valence-electron chi connectivity index (χ3n) is 7.02. The van der Waals surface area contributed by atoms with E-state index in [9.17, 15) is 0 Å². The summed E-state index contributed by atoms with van der Waals surface area (Å²) < 4.78 is 2.33. The van der Waals surface area contributed by atoms with Gasteiger partial charge in [-0.2, -0.15) is 0 Å². The molecule has 1 aromatic heterocycles. The second-order valence-electron chi connectivity index (χ2n) is 9.01. The smallest absolute Gasteiger partial charge is 0.0873 e. The monoisotopic (exact) mass is 447 g/mol. The quantitative estimate of drug-likeness (QED) is 0.270. The van der Waals surface area contributed by atoms with E-state index in [4.69, 9.17) is 10.8 Å². The number of fused-ring (bicyclic) bond motifs is 6. The van der Waals surface area contributed by atoms with Gasteiger partial charge >= 0.3 is 0 Å². The number of benzene rings is 5. The van der Waals surface area contributed by atoms with E-state index in [0.717, 1.165) is 38.7 Å². The van der Waals surface area contributed by atoms with Crippen LogP contribution >= 0.6 is 0 Å². The van der Waals surface area contributed by atoms with E-state index in [1.165, 1.54) is 21.8 Å². The van der Waals surface area contributed by atoms with Crippen LogP contribution in [0.15, 0.2) is 109 Å². The van der Waals surface area contributed by atoms with E-state index < -0.39 is 0 Å². The highest BCUT2D eigenvalue weighted by Gasteiger charge is 2.18. The van der Waals surface area contributed by atoms with Crippen molar-refractivity contribution in [3.05, 3.63) is 120 Å². The summed E-state index contributed by atoms with van der Waals surface area (Å²) in [6, 6.07) is 36.3. The molecule has 1 heterocycles. The Bertz CT molecular complexity index is 1830. The molecule has 3 nitrogen and oxygen atoms in total. The highest BCUT2D eigenvalue weighted by Crippen LogP contribution is 2.35. The lowest BCUT2D eigenvalue weighted by Crippen LogP contribution is -2.16. The molecule has 164 valence electrons. The molecule has 0 fully saturated rings. The number of hydrogen-bond acceptors (Lipinski definition) is 2. The zero-order valence-electron chi connectivity index (χ0n) is 18.9. The summed E-state index contributed by atoms with van der Waals surface area (Å²) in [6.45, 7) is 0. The molecule has 0 saturated heterocycles. The highest BCUT2D eigenvalue weighted by atomic mass is 15.0. The Balaban J connectivity index is 1.44. The molecule has 3 heteroatoms. The third-order valence-corrected chi connectivity index (χ3v) is 7.02. The SMILES string of the molecule is N=C1C=Cc2ccc3ccc(-c4cccc(-n5c6ccccc6c6ccccc65)c4)cc3c2C1=N. The maximum Gasteiger partial charge on any atom is 0.0873 e. The Hall–Kier alpha value is -4.76. The fourth-order valence-corrected chi connectivity index (χ4v) is 5.35. The van der Waals surface area contributed by atoms with Crippen molar-refractivity contribution in [1.29, 1.82) is 10.8 Å². The lowest BCUT2D eigenvalue weighted by molar-refractivity contribution is 1.18. The van der Waals surface area contributed by atoms with Crippen LogP contribution in [0.25, 0.3) is 55.5 Å². The molecule has 7 rings (SSSR count). The first-order chi connectivity index (χ1) is 17.2. The molecule has 0 spiro atoms. The summed E-state index contributed by atoms with van der Waals surface area (Å²) >= 11 is 0. The van der Waals surface area contributed by atoms with Crippen molar-refractivity contribution in [2.24, 2.45) is 0 Å².